The van der Waals surface area contributed by atoms with Gasteiger partial charge in [0.2, 0.25) is 5.91 Å². The zero-order chi connectivity index (χ0) is 23.1. The quantitative estimate of drug-likeness (QED) is 0.307. The van der Waals surface area contributed by atoms with E-state index >= 15 is 0 Å². The number of nitro groups is 1. The van der Waals surface area contributed by atoms with Crippen LogP contribution in [0.2, 0.25) is 0 Å². The van der Waals surface area contributed by atoms with Crippen molar-refractivity contribution < 1.29 is 14.5 Å². The van der Waals surface area contributed by atoms with Gasteiger partial charge in [-0.1, -0.05) is 35.5 Å². The van der Waals surface area contributed by atoms with E-state index in [9.17, 15) is 19.7 Å². The van der Waals surface area contributed by atoms with Gasteiger partial charge in [-0.15, -0.1) is 0 Å². The fraction of sp³-hybridized carbons (Fsp3) is 0.0870. The summed E-state index contributed by atoms with van der Waals surface area (Å²) in [6.45, 7) is 3.37. The van der Waals surface area contributed by atoms with Gasteiger partial charge in [0.1, 0.15) is 0 Å². The van der Waals surface area contributed by atoms with Crippen LogP contribution in [0.25, 0.3) is 0 Å². The molecule has 0 saturated heterocycles. The van der Waals surface area contributed by atoms with Crippen molar-refractivity contribution in [2.45, 2.75) is 23.6 Å². The van der Waals surface area contributed by atoms with Gasteiger partial charge in [-0.3, -0.25) is 19.7 Å². The van der Waals surface area contributed by atoms with Crippen LogP contribution >= 0.6 is 11.8 Å². The van der Waals surface area contributed by atoms with Crippen molar-refractivity contribution in [3.8, 4) is 0 Å². The lowest BCUT2D eigenvalue weighted by Crippen LogP contribution is -2.18. The molecule has 0 saturated carbocycles. The number of nitrogens with one attached hydrogen (secondary N) is 2. The number of benzene rings is 3. The topological polar surface area (TPSA) is 114 Å². The lowest BCUT2D eigenvalue weighted by atomic mass is 10.2. The average molecular weight is 449 g/mol. The van der Waals surface area contributed by atoms with Crippen LogP contribution < -0.4 is 10.7 Å². The second kappa shape index (κ2) is 10.4. The van der Waals surface area contributed by atoms with Gasteiger partial charge in [-0.25, -0.2) is 5.43 Å². The van der Waals surface area contributed by atoms with Gasteiger partial charge in [-0.2, -0.15) is 5.10 Å². The predicted octanol–water partition coefficient (Wildman–Crippen LogP) is 4.78. The zero-order valence-corrected chi connectivity index (χ0v) is 18.2. The van der Waals surface area contributed by atoms with Crippen molar-refractivity contribution in [3.05, 3.63) is 93.5 Å². The third-order valence-electron chi connectivity index (χ3n) is 4.27. The lowest BCUT2D eigenvalue weighted by Gasteiger charge is -2.07. The van der Waals surface area contributed by atoms with Crippen molar-refractivity contribution in [2.24, 2.45) is 5.10 Å². The summed E-state index contributed by atoms with van der Waals surface area (Å²) in [5.74, 6) is -0.725. The normalized spacial score (nSPS) is 10.7. The average Bonchev–Trinajstić information content (AvgIpc) is 2.76. The van der Waals surface area contributed by atoms with Crippen molar-refractivity contribution in [1.82, 2.24) is 5.43 Å². The van der Waals surface area contributed by atoms with Crippen molar-refractivity contribution in [3.63, 3.8) is 0 Å². The Kier molecular flexibility index (Phi) is 7.35. The third kappa shape index (κ3) is 6.26. The molecule has 0 aromatic heterocycles. The molecule has 0 atom stereocenters. The van der Waals surface area contributed by atoms with Crippen molar-refractivity contribution >= 4 is 41.2 Å². The van der Waals surface area contributed by atoms with Crippen LogP contribution in [0.4, 0.5) is 11.4 Å². The maximum atomic E-state index is 12.4. The number of hydrogen-bond donors (Lipinski definition) is 2. The molecule has 3 aromatic rings. The van der Waals surface area contributed by atoms with E-state index in [0.29, 0.717) is 16.8 Å². The molecule has 0 aliphatic heterocycles. The maximum absolute atomic E-state index is 12.4. The first-order chi connectivity index (χ1) is 15.3. The number of aryl methyl sites for hydroxylation is 1. The molecular formula is C23H20N4O4S. The third-order valence-corrected chi connectivity index (χ3v) is 5.37. The Morgan fingerprint density at radius 1 is 1.06 bits per heavy atom. The maximum Gasteiger partial charge on any atom is 0.271 e. The minimum atomic E-state index is -0.482. The number of nitro benzene ring substituents is 1. The van der Waals surface area contributed by atoms with Crippen LogP contribution in [0, 0.1) is 17.0 Å². The van der Waals surface area contributed by atoms with Gasteiger partial charge in [-0.05, 0) is 43.3 Å². The van der Waals surface area contributed by atoms with E-state index in [2.05, 4.69) is 15.8 Å². The highest BCUT2D eigenvalue weighted by Gasteiger charge is 2.12. The Morgan fingerprint density at radius 3 is 2.50 bits per heavy atom. The summed E-state index contributed by atoms with van der Waals surface area (Å²) in [6.07, 6.45) is 1.37. The molecule has 3 rings (SSSR count). The minimum Gasteiger partial charge on any atom is -0.326 e. The molecule has 0 fully saturated rings. The molecule has 0 heterocycles. The molecule has 0 bridgehead atoms. The molecule has 3 aromatic carbocycles. The summed E-state index contributed by atoms with van der Waals surface area (Å²) in [4.78, 5) is 36.0. The number of non-ortho nitro benzene ring substituents is 1. The molecule has 0 aliphatic rings. The van der Waals surface area contributed by atoms with Crippen LogP contribution in [0.5, 0.6) is 0 Å². The monoisotopic (exact) mass is 448 g/mol. The second-order valence-electron chi connectivity index (χ2n) is 6.86. The van der Waals surface area contributed by atoms with Gasteiger partial charge in [0.25, 0.3) is 11.6 Å². The highest BCUT2D eigenvalue weighted by molar-refractivity contribution is 7.99. The summed E-state index contributed by atoms with van der Waals surface area (Å²) >= 11 is 1.44. The van der Waals surface area contributed by atoms with E-state index in [1.165, 1.54) is 43.1 Å². The first kappa shape index (κ1) is 22.7. The molecular weight excluding hydrogens is 428 g/mol. The van der Waals surface area contributed by atoms with E-state index in [-0.39, 0.29) is 11.6 Å². The van der Waals surface area contributed by atoms with Crippen LogP contribution in [0.15, 0.2) is 81.6 Å². The summed E-state index contributed by atoms with van der Waals surface area (Å²) < 4.78 is 0. The Morgan fingerprint density at radius 2 is 1.81 bits per heavy atom. The summed E-state index contributed by atoms with van der Waals surface area (Å²) in [6, 6.07) is 18.8. The van der Waals surface area contributed by atoms with Gasteiger partial charge in [0.15, 0.2) is 0 Å². The summed E-state index contributed by atoms with van der Waals surface area (Å²) in [5.41, 5.74) is 4.76. The fourth-order valence-electron chi connectivity index (χ4n) is 2.74. The fourth-order valence-corrected chi connectivity index (χ4v) is 3.63. The lowest BCUT2D eigenvalue weighted by molar-refractivity contribution is -0.384. The number of hydrogen-bond acceptors (Lipinski definition) is 6. The molecule has 0 unspecified atom stereocenters. The first-order valence-electron chi connectivity index (χ1n) is 9.56. The van der Waals surface area contributed by atoms with Gasteiger partial charge in [0.05, 0.1) is 11.1 Å². The number of hydrazone groups is 1. The van der Waals surface area contributed by atoms with Crippen molar-refractivity contribution in [2.75, 3.05) is 5.32 Å². The van der Waals surface area contributed by atoms with Crippen LogP contribution in [0.1, 0.15) is 28.4 Å². The SMILES string of the molecule is CC(=O)Nc1cccc(C(=O)NN=Cc2cc([N+](=O)[O-])ccc2Sc2ccc(C)cc2)c1. The number of anilines is 1. The van der Waals surface area contributed by atoms with Crippen LogP contribution in [-0.4, -0.2) is 23.0 Å². The molecule has 0 radical (unpaired) electrons. The van der Waals surface area contributed by atoms with E-state index in [1.54, 1.807) is 24.3 Å². The van der Waals surface area contributed by atoms with Gasteiger partial charge < -0.3 is 5.32 Å². The molecule has 2 N–H and O–H groups in total. The van der Waals surface area contributed by atoms with Gasteiger partial charge in [0, 0.05) is 45.7 Å². The molecule has 0 spiro atoms. The Balaban J connectivity index is 1.79. The van der Waals surface area contributed by atoms with E-state index in [4.69, 9.17) is 0 Å². The van der Waals surface area contributed by atoms with Gasteiger partial charge >= 0.3 is 0 Å². The second-order valence-corrected chi connectivity index (χ2v) is 7.97. The number of carbonyl (C=O) groups is 2. The van der Waals surface area contributed by atoms with Crippen LogP contribution in [-0.2, 0) is 4.79 Å². The molecule has 162 valence electrons. The number of carbonyl (C=O) groups excluding carboxylic acids is 2. The van der Waals surface area contributed by atoms with Crippen molar-refractivity contribution in [1.29, 1.82) is 0 Å². The highest BCUT2D eigenvalue weighted by atomic mass is 32.2. The predicted molar refractivity (Wildman–Crippen MR) is 124 cm³/mol. The largest absolute Gasteiger partial charge is 0.326 e. The highest BCUT2D eigenvalue weighted by Crippen LogP contribution is 2.32. The van der Waals surface area contributed by atoms with E-state index in [0.717, 1.165) is 15.4 Å². The number of rotatable bonds is 7. The summed E-state index contributed by atoms with van der Waals surface area (Å²) in [7, 11) is 0. The molecule has 9 heteroatoms. The molecule has 32 heavy (non-hydrogen) atoms. The minimum absolute atomic E-state index is 0.0750. The Labute approximate surface area is 188 Å². The molecule has 0 aliphatic carbocycles. The van der Waals surface area contributed by atoms with E-state index in [1.807, 2.05) is 31.2 Å². The standard InChI is InChI=1S/C23H20N4O4S/c1-15-6-9-21(10-7-15)32-22-11-8-20(27(30)31)13-18(22)14-24-26-23(29)17-4-3-5-19(12-17)25-16(2)28/h3-14H,1-2H3,(H,25,28)(H,26,29). The Hall–Kier alpha value is -3.98. The first-order valence-corrected chi connectivity index (χ1v) is 10.4. The smallest absolute Gasteiger partial charge is 0.271 e. The zero-order valence-electron chi connectivity index (χ0n) is 17.4. The number of amides is 2. The molecule has 2 amide bonds. The molecule has 8 nitrogen and oxygen atoms in total. The van der Waals surface area contributed by atoms with Crippen LogP contribution in [0.3, 0.4) is 0 Å². The number of nitrogens with zero attached hydrogens (tertiary/aromatic N) is 2. The van der Waals surface area contributed by atoms with E-state index < -0.39 is 10.8 Å². The summed E-state index contributed by atoms with van der Waals surface area (Å²) in [5, 5.41) is 17.8. The Bertz CT molecular complexity index is 1190.